The molecule has 3 aromatic rings. The van der Waals surface area contributed by atoms with Crippen molar-refractivity contribution in [2.75, 3.05) is 5.32 Å². The van der Waals surface area contributed by atoms with Gasteiger partial charge in [0.2, 0.25) is 5.91 Å². The molecule has 0 aliphatic carbocycles. The largest absolute Gasteiger partial charge is 0.326 e. The van der Waals surface area contributed by atoms with Gasteiger partial charge in [-0.25, -0.2) is 4.68 Å². The first kappa shape index (κ1) is 18.8. The molecule has 0 saturated carbocycles. The second-order valence-corrected chi connectivity index (χ2v) is 6.56. The van der Waals surface area contributed by atoms with E-state index in [-0.39, 0.29) is 17.9 Å². The molecule has 0 saturated heterocycles. The standard InChI is InChI=1S/C20H19ClN4O2/c1-14-4-5-16(21)13-18(14)23-19(26)3-2-12-25-20(27)7-6-17(24-25)15-8-10-22-11-9-15/h4-11,13H,2-3,12H2,1H3,(H,23,26). The van der Waals surface area contributed by atoms with Crippen molar-refractivity contribution in [2.24, 2.45) is 0 Å². The van der Waals surface area contributed by atoms with Crippen LogP contribution in [0.25, 0.3) is 11.3 Å². The summed E-state index contributed by atoms with van der Waals surface area (Å²) in [5, 5.41) is 7.80. The van der Waals surface area contributed by atoms with Gasteiger partial charge in [-0.3, -0.25) is 14.6 Å². The van der Waals surface area contributed by atoms with Gasteiger partial charge in [-0.2, -0.15) is 5.10 Å². The van der Waals surface area contributed by atoms with E-state index >= 15 is 0 Å². The summed E-state index contributed by atoms with van der Waals surface area (Å²) in [7, 11) is 0. The highest BCUT2D eigenvalue weighted by Gasteiger charge is 2.07. The number of nitrogens with one attached hydrogen (secondary N) is 1. The van der Waals surface area contributed by atoms with Crippen LogP contribution >= 0.6 is 11.6 Å². The zero-order chi connectivity index (χ0) is 19.2. The first-order chi connectivity index (χ1) is 13.0. The van der Waals surface area contributed by atoms with E-state index in [1.165, 1.54) is 10.7 Å². The Morgan fingerprint density at radius 3 is 2.70 bits per heavy atom. The monoisotopic (exact) mass is 382 g/mol. The van der Waals surface area contributed by atoms with Crippen molar-refractivity contribution in [1.82, 2.24) is 14.8 Å². The van der Waals surface area contributed by atoms with Crippen LogP contribution in [0, 0.1) is 6.92 Å². The van der Waals surface area contributed by atoms with Crippen molar-refractivity contribution in [2.45, 2.75) is 26.3 Å². The number of pyridine rings is 1. The minimum atomic E-state index is -0.195. The van der Waals surface area contributed by atoms with Gasteiger partial charge < -0.3 is 5.32 Å². The highest BCUT2D eigenvalue weighted by molar-refractivity contribution is 6.31. The molecule has 0 unspecified atom stereocenters. The molecule has 2 aromatic heterocycles. The van der Waals surface area contributed by atoms with Gasteiger partial charge in [0.15, 0.2) is 0 Å². The molecule has 3 rings (SSSR count). The number of carbonyl (C=O) groups is 1. The van der Waals surface area contributed by atoms with Crippen LogP contribution in [0.2, 0.25) is 5.02 Å². The summed E-state index contributed by atoms with van der Waals surface area (Å²) in [6, 6.07) is 12.2. The Labute approximate surface area is 161 Å². The fraction of sp³-hybridized carbons (Fsp3) is 0.200. The molecule has 1 N–H and O–H groups in total. The van der Waals surface area contributed by atoms with Crippen molar-refractivity contribution in [3.05, 3.63) is 75.8 Å². The molecule has 0 bridgehead atoms. The molecule has 6 nitrogen and oxygen atoms in total. The smallest absolute Gasteiger partial charge is 0.266 e. The molecule has 7 heteroatoms. The Bertz CT molecular complexity index is 1000. The second kappa shape index (κ2) is 8.60. The van der Waals surface area contributed by atoms with Gasteiger partial charge in [0.05, 0.1) is 5.69 Å². The van der Waals surface area contributed by atoms with Crippen LogP contribution in [0.3, 0.4) is 0 Å². The van der Waals surface area contributed by atoms with Crippen LogP contribution < -0.4 is 10.9 Å². The average Bonchev–Trinajstić information content (AvgIpc) is 2.67. The summed E-state index contributed by atoms with van der Waals surface area (Å²) < 4.78 is 1.38. The number of aryl methyl sites for hydroxylation is 2. The quantitative estimate of drug-likeness (QED) is 0.705. The van der Waals surface area contributed by atoms with Crippen molar-refractivity contribution >= 4 is 23.2 Å². The van der Waals surface area contributed by atoms with Crippen LogP contribution in [-0.2, 0) is 11.3 Å². The number of anilines is 1. The number of nitrogens with zero attached hydrogens (tertiary/aromatic N) is 3. The maximum absolute atomic E-state index is 12.2. The maximum atomic E-state index is 12.2. The first-order valence-corrected chi connectivity index (χ1v) is 8.95. The highest BCUT2D eigenvalue weighted by atomic mass is 35.5. The minimum absolute atomic E-state index is 0.126. The SMILES string of the molecule is Cc1ccc(Cl)cc1NC(=O)CCCn1nc(-c2ccncc2)ccc1=O. The third-order valence-corrected chi connectivity index (χ3v) is 4.33. The summed E-state index contributed by atoms with van der Waals surface area (Å²) in [6.07, 6.45) is 4.13. The number of halogens is 1. The van der Waals surface area contributed by atoms with Crippen molar-refractivity contribution in [1.29, 1.82) is 0 Å². The number of benzene rings is 1. The van der Waals surface area contributed by atoms with Crippen LogP contribution in [0.15, 0.2) is 59.7 Å². The zero-order valence-corrected chi connectivity index (χ0v) is 15.6. The maximum Gasteiger partial charge on any atom is 0.266 e. The van der Waals surface area contributed by atoms with Crippen molar-refractivity contribution in [3.8, 4) is 11.3 Å². The van der Waals surface area contributed by atoms with E-state index in [9.17, 15) is 9.59 Å². The van der Waals surface area contributed by atoms with Gasteiger partial charge in [0.25, 0.3) is 5.56 Å². The van der Waals surface area contributed by atoms with Gasteiger partial charge in [-0.15, -0.1) is 0 Å². The number of hydrogen-bond donors (Lipinski definition) is 1. The van der Waals surface area contributed by atoms with Crippen LogP contribution in [0.5, 0.6) is 0 Å². The number of carbonyl (C=O) groups excluding carboxylic acids is 1. The summed E-state index contributed by atoms with van der Waals surface area (Å²) in [4.78, 5) is 28.2. The van der Waals surface area contributed by atoms with Gasteiger partial charge in [0.1, 0.15) is 0 Å². The fourth-order valence-corrected chi connectivity index (χ4v) is 2.79. The lowest BCUT2D eigenvalue weighted by Gasteiger charge is -2.10. The van der Waals surface area contributed by atoms with E-state index in [0.29, 0.717) is 29.4 Å². The Balaban J connectivity index is 1.61. The molecule has 0 radical (unpaired) electrons. The van der Waals surface area contributed by atoms with E-state index in [1.54, 1.807) is 30.6 Å². The Morgan fingerprint density at radius 1 is 1.15 bits per heavy atom. The molecular weight excluding hydrogens is 364 g/mol. The van der Waals surface area contributed by atoms with Gasteiger partial charge in [0, 0.05) is 47.7 Å². The van der Waals surface area contributed by atoms with E-state index < -0.39 is 0 Å². The lowest BCUT2D eigenvalue weighted by molar-refractivity contribution is -0.116. The molecular formula is C20H19ClN4O2. The molecule has 0 aliphatic rings. The normalized spacial score (nSPS) is 10.6. The molecule has 0 aliphatic heterocycles. The first-order valence-electron chi connectivity index (χ1n) is 8.57. The van der Waals surface area contributed by atoms with Crippen molar-refractivity contribution in [3.63, 3.8) is 0 Å². The molecule has 2 heterocycles. The molecule has 0 spiro atoms. The Kier molecular flexibility index (Phi) is 5.98. The molecule has 1 aromatic carbocycles. The molecule has 138 valence electrons. The van der Waals surface area contributed by atoms with E-state index in [2.05, 4.69) is 15.4 Å². The highest BCUT2D eigenvalue weighted by Crippen LogP contribution is 2.20. The van der Waals surface area contributed by atoms with Crippen LogP contribution in [0.1, 0.15) is 18.4 Å². The van der Waals surface area contributed by atoms with E-state index in [1.807, 2.05) is 25.1 Å². The Hall–Kier alpha value is -2.99. The average molecular weight is 383 g/mol. The second-order valence-electron chi connectivity index (χ2n) is 6.13. The van der Waals surface area contributed by atoms with E-state index in [0.717, 1.165) is 11.1 Å². The lowest BCUT2D eigenvalue weighted by Crippen LogP contribution is -2.23. The molecule has 0 fully saturated rings. The lowest BCUT2D eigenvalue weighted by atomic mass is 10.2. The van der Waals surface area contributed by atoms with Gasteiger partial charge in [-0.05, 0) is 49.2 Å². The van der Waals surface area contributed by atoms with Crippen molar-refractivity contribution < 1.29 is 4.79 Å². The third-order valence-electron chi connectivity index (χ3n) is 4.09. The summed E-state index contributed by atoms with van der Waals surface area (Å²) in [5.74, 6) is -0.126. The summed E-state index contributed by atoms with van der Waals surface area (Å²) >= 11 is 5.97. The topological polar surface area (TPSA) is 76.9 Å². The zero-order valence-electron chi connectivity index (χ0n) is 14.9. The third kappa shape index (κ3) is 5.01. The predicted molar refractivity (Wildman–Crippen MR) is 106 cm³/mol. The van der Waals surface area contributed by atoms with Gasteiger partial charge in [-0.1, -0.05) is 17.7 Å². The van der Waals surface area contributed by atoms with Crippen LogP contribution in [-0.4, -0.2) is 20.7 Å². The fourth-order valence-electron chi connectivity index (χ4n) is 2.62. The number of amides is 1. The van der Waals surface area contributed by atoms with E-state index in [4.69, 9.17) is 11.6 Å². The minimum Gasteiger partial charge on any atom is -0.326 e. The number of hydrogen-bond acceptors (Lipinski definition) is 4. The number of aromatic nitrogens is 3. The van der Waals surface area contributed by atoms with Gasteiger partial charge >= 0.3 is 0 Å². The molecule has 0 atom stereocenters. The molecule has 27 heavy (non-hydrogen) atoms. The molecule has 1 amide bonds. The Morgan fingerprint density at radius 2 is 1.93 bits per heavy atom. The number of rotatable bonds is 6. The van der Waals surface area contributed by atoms with Crippen LogP contribution in [0.4, 0.5) is 5.69 Å². The summed E-state index contributed by atoms with van der Waals surface area (Å²) in [6.45, 7) is 2.26. The summed E-state index contributed by atoms with van der Waals surface area (Å²) in [5.41, 5.74) is 3.01. The predicted octanol–water partition coefficient (Wildman–Crippen LogP) is 3.69.